The van der Waals surface area contributed by atoms with Gasteiger partial charge in [-0.3, -0.25) is 4.79 Å². The van der Waals surface area contributed by atoms with E-state index in [2.05, 4.69) is 79.9 Å². The Kier molecular flexibility index (Phi) is 11.5. The number of carbonyl (C=O) groups excluding carboxylic acids is 2. The van der Waals surface area contributed by atoms with Crippen LogP contribution in [0.1, 0.15) is 140 Å². The van der Waals surface area contributed by atoms with Crippen LogP contribution in [0, 0.1) is 46.3 Å². The van der Waals surface area contributed by atoms with Gasteiger partial charge in [-0.15, -0.1) is 0 Å². The minimum absolute atomic E-state index is 0.149. The topological polar surface area (TPSA) is 73.9 Å². The van der Waals surface area contributed by atoms with E-state index in [1.54, 1.807) is 26.3 Å². The molecule has 0 bridgehead atoms. The molecule has 0 aromatic heterocycles. The molecule has 9 atom stereocenters. The summed E-state index contributed by atoms with van der Waals surface area (Å²) in [6, 6.07) is 0. The van der Waals surface area contributed by atoms with Crippen LogP contribution < -0.4 is 5.32 Å². The van der Waals surface area contributed by atoms with Gasteiger partial charge in [0.2, 0.25) is 0 Å². The Morgan fingerprint density at radius 3 is 2.26 bits per heavy atom. The summed E-state index contributed by atoms with van der Waals surface area (Å²) < 4.78 is 18.1. The van der Waals surface area contributed by atoms with E-state index in [9.17, 15) is 9.59 Å². The van der Waals surface area contributed by atoms with Gasteiger partial charge >= 0.3 is 12.1 Å². The van der Waals surface area contributed by atoms with Crippen LogP contribution in [0.5, 0.6) is 0 Å². The van der Waals surface area contributed by atoms with Crippen molar-refractivity contribution in [3.63, 3.8) is 0 Å². The Labute approximate surface area is 289 Å². The van der Waals surface area contributed by atoms with Gasteiger partial charge in [-0.25, -0.2) is 4.79 Å². The predicted octanol–water partition coefficient (Wildman–Crippen LogP) is 10.5. The maximum atomic E-state index is 12.6. The number of alkyl carbamates (subject to hydrolysis) is 1. The number of hydrogen-bond donors (Lipinski definition) is 1. The van der Waals surface area contributed by atoms with Crippen molar-refractivity contribution in [1.82, 2.24) is 5.32 Å². The third-order valence-electron chi connectivity index (χ3n) is 13.8. The molecule has 7 heteroatoms. The highest BCUT2D eigenvalue weighted by molar-refractivity contribution is 6.74. The van der Waals surface area contributed by atoms with Crippen LogP contribution in [-0.2, 0) is 18.7 Å². The summed E-state index contributed by atoms with van der Waals surface area (Å²) in [5.41, 5.74) is 1.85. The Morgan fingerprint density at radius 1 is 0.957 bits per heavy atom. The van der Waals surface area contributed by atoms with Crippen LogP contribution in [-0.4, -0.2) is 44.7 Å². The third kappa shape index (κ3) is 8.52. The summed E-state index contributed by atoms with van der Waals surface area (Å²) in [7, 11) is -1.77. The second kappa shape index (κ2) is 14.1. The Hall–Kier alpha value is -1.34. The van der Waals surface area contributed by atoms with Crippen molar-refractivity contribution in [2.24, 2.45) is 46.3 Å². The minimum atomic E-state index is -1.77. The largest absolute Gasteiger partial charge is 0.461 e. The Morgan fingerprint density at radius 2 is 1.64 bits per heavy atom. The first-order valence-electron chi connectivity index (χ1n) is 19.1. The van der Waals surface area contributed by atoms with E-state index in [1.807, 2.05) is 0 Å². The third-order valence-corrected chi connectivity index (χ3v) is 18.3. The van der Waals surface area contributed by atoms with Gasteiger partial charge in [0.05, 0.1) is 0 Å². The zero-order valence-corrected chi connectivity index (χ0v) is 33.5. The fraction of sp³-hybridized carbons (Fsp3) is 0.900. The van der Waals surface area contributed by atoms with Crippen molar-refractivity contribution < 1.29 is 23.5 Å². The van der Waals surface area contributed by atoms with Gasteiger partial charge in [0.1, 0.15) is 18.2 Å². The van der Waals surface area contributed by atoms with Gasteiger partial charge in [-0.05, 0) is 149 Å². The number of amides is 1. The number of rotatable bonds is 10. The molecule has 3 fully saturated rings. The fourth-order valence-corrected chi connectivity index (χ4v) is 11.5. The summed E-state index contributed by atoms with van der Waals surface area (Å²) in [6.07, 6.45) is 14.6. The predicted molar refractivity (Wildman–Crippen MR) is 195 cm³/mol. The monoisotopic (exact) mass is 674 g/mol. The van der Waals surface area contributed by atoms with Crippen LogP contribution >= 0.6 is 0 Å². The van der Waals surface area contributed by atoms with Crippen LogP contribution in [0.25, 0.3) is 0 Å². The molecule has 1 N–H and O–H groups in total. The lowest BCUT2D eigenvalue weighted by Crippen LogP contribution is -2.52. The SMILES string of the molecule is CC(C)[C@H](CC[C@@H](C)[C@H]1CC[C@H]2[C@@H]3CC=C4CC(O[Si](C)(C)C(C)(C)C)CC[C@]4(C)[C@H]3CC[C@]12C)OC(=O)CNC(=O)OC(C)(C)C. The van der Waals surface area contributed by atoms with Crippen molar-refractivity contribution in [2.45, 2.75) is 176 Å². The molecule has 270 valence electrons. The molecule has 3 saturated carbocycles. The molecule has 0 aromatic carbocycles. The summed E-state index contributed by atoms with van der Waals surface area (Å²) in [6.45, 7) is 29.1. The molecule has 0 heterocycles. The molecule has 4 aliphatic carbocycles. The molecule has 4 rings (SSSR count). The highest BCUT2D eigenvalue weighted by Gasteiger charge is 2.59. The molecule has 47 heavy (non-hydrogen) atoms. The average Bonchev–Trinajstić information content (AvgIpc) is 3.29. The van der Waals surface area contributed by atoms with E-state index >= 15 is 0 Å². The Balaban J connectivity index is 1.34. The van der Waals surface area contributed by atoms with Crippen molar-refractivity contribution in [2.75, 3.05) is 6.54 Å². The Bertz CT molecular complexity index is 1150. The quantitative estimate of drug-likeness (QED) is 0.142. The number of carbonyl (C=O) groups is 2. The van der Waals surface area contributed by atoms with Crippen molar-refractivity contribution in [1.29, 1.82) is 0 Å². The second-order valence-corrected chi connectivity index (χ2v) is 24.2. The zero-order chi connectivity index (χ0) is 35.2. The summed E-state index contributed by atoms with van der Waals surface area (Å²) >= 11 is 0. The molecule has 0 aliphatic heterocycles. The van der Waals surface area contributed by atoms with E-state index < -0.39 is 26.0 Å². The molecule has 0 radical (unpaired) electrons. The lowest BCUT2D eigenvalue weighted by atomic mass is 9.47. The smallest absolute Gasteiger partial charge is 0.408 e. The highest BCUT2D eigenvalue weighted by atomic mass is 28.4. The van der Waals surface area contributed by atoms with Gasteiger partial charge in [-0.1, -0.05) is 67.0 Å². The van der Waals surface area contributed by atoms with Crippen LogP contribution in [0.2, 0.25) is 18.1 Å². The number of nitrogens with one attached hydrogen (secondary N) is 1. The van der Waals surface area contributed by atoms with E-state index in [-0.39, 0.29) is 23.6 Å². The lowest BCUT2D eigenvalue weighted by Gasteiger charge is -2.59. The number of fused-ring (bicyclic) bond motifs is 5. The van der Waals surface area contributed by atoms with Gasteiger partial charge < -0.3 is 19.2 Å². The minimum Gasteiger partial charge on any atom is -0.461 e. The van der Waals surface area contributed by atoms with E-state index in [0.29, 0.717) is 22.9 Å². The molecule has 4 aliphatic rings. The van der Waals surface area contributed by atoms with Gasteiger partial charge in [0.15, 0.2) is 8.32 Å². The molecule has 0 aromatic rings. The van der Waals surface area contributed by atoms with Gasteiger partial charge in [-0.2, -0.15) is 0 Å². The van der Waals surface area contributed by atoms with Gasteiger partial charge in [0, 0.05) is 6.10 Å². The van der Waals surface area contributed by atoms with Crippen LogP contribution in [0.15, 0.2) is 11.6 Å². The first-order chi connectivity index (χ1) is 21.6. The molecular formula is C40H71NO5Si. The molecular weight excluding hydrogens is 603 g/mol. The molecule has 0 spiro atoms. The molecule has 6 nitrogen and oxygen atoms in total. The zero-order valence-electron chi connectivity index (χ0n) is 32.5. The van der Waals surface area contributed by atoms with E-state index in [0.717, 1.165) is 42.9 Å². The van der Waals surface area contributed by atoms with Crippen molar-refractivity contribution >= 4 is 20.4 Å². The second-order valence-electron chi connectivity index (χ2n) is 19.4. The summed E-state index contributed by atoms with van der Waals surface area (Å²) in [4.78, 5) is 24.6. The maximum absolute atomic E-state index is 12.6. The maximum Gasteiger partial charge on any atom is 0.408 e. The van der Waals surface area contributed by atoms with Crippen LogP contribution in [0.3, 0.4) is 0 Å². The molecule has 1 unspecified atom stereocenters. The van der Waals surface area contributed by atoms with E-state index in [1.165, 1.54) is 44.9 Å². The van der Waals surface area contributed by atoms with E-state index in [4.69, 9.17) is 13.9 Å². The number of esters is 1. The first kappa shape index (κ1) is 38.5. The first-order valence-corrected chi connectivity index (χ1v) is 22.0. The number of ether oxygens (including phenoxy) is 2. The summed E-state index contributed by atoms with van der Waals surface area (Å²) in [5, 5.41) is 2.80. The fourth-order valence-electron chi connectivity index (χ4n) is 10.1. The average molecular weight is 674 g/mol. The standard InChI is InChI=1S/C40H71NO5Si/c1-26(2)34(44-35(42)25-41-36(43)45-37(4,5)6)19-14-27(3)31-17-18-32-30-16-15-28-24-29(46-47(12,13)38(7,8)9)20-22-39(28,10)33(30)21-23-40(31,32)11/h15,26-27,29-34H,14,16-25H2,1-13H3,(H,41,43)/t27-,29?,30+,31-,32+,33+,34+,39+,40-/m1/s1. The van der Waals surface area contributed by atoms with Gasteiger partial charge in [0.25, 0.3) is 0 Å². The van der Waals surface area contributed by atoms with Crippen LogP contribution in [0.4, 0.5) is 4.79 Å². The molecule has 0 saturated heterocycles. The summed E-state index contributed by atoms with van der Waals surface area (Å²) in [5.74, 6) is 3.56. The highest BCUT2D eigenvalue weighted by Crippen LogP contribution is 2.67. The lowest BCUT2D eigenvalue weighted by molar-refractivity contribution is -0.150. The normalized spacial score (nSPS) is 34.0. The molecule has 1 amide bonds. The van der Waals surface area contributed by atoms with Crippen molar-refractivity contribution in [3.8, 4) is 0 Å². The number of allylic oxidation sites excluding steroid dienone is 1. The number of hydrogen-bond acceptors (Lipinski definition) is 5. The van der Waals surface area contributed by atoms with Crippen molar-refractivity contribution in [3.05, 3.63) is 11.6 Å².